The summed E-state index contributed by atoms with van der Waals surface area (Å²) in [6, 6.07) is 2.13. The molecule has 3 heterocycles. The van der Waals surface area contributed by atoms with Gasteiger partial charge in [0.15, 0.2) is 5.69 Å². The zero-order valence-corrected chi connectivity index (χ0v) is 13.5. The summed E-state index contributed by atoms with van der Waals surface area (Å²) in [5, 5.41) is 13.2. The van der Waals surface area contributed by atoms with Crippen LogP contribution in [0.25, 0.3) is 10.2 Å². The molecule has 8 heteroatoms. The van der Waals surface area contributed by atoms with E-state index in [1.807, 2.05) is 0 Å². The minimum atomic E-state index is -0.989. The van der Waals surface area contributed by atoms with E-state index in [1.165, 1.54) is 16.2 Å². The number of aromatic carboxylic acids is 1. The first-order valence-corrected chi connectivity index (χ1v) is 8.89. The van der Waals surface area contributed by atoms with E-state index in [1.54, 1.807) is 34.8 Å². The summed E-state index contributed by atoms with van der Waals surface area (Å²) in [4.78, 5) is 25.8. The molecular weight excluding hydrogens is 326 g/mol. The first-order valence-electron chi connectivity index (χ1n) is 6.21. The molecule has 3 aromatic rings. The van der Waals surface area contributed by atoms with Crippen LogP contribution in [0.3, 0.4) is 0 Å². The van der Waals surface area contributed by atoms with E-state index in [2.05, 4.69) is 27.9 Å². The van der Waals surface area contributed by atoms with Gasteiger partial charge in [0.25, 0.3) is 0 Å². The number of carbonyl (C=O) groups is 1. The van der Waals surface area contributed by atoms with Gasteiger partial charge in [-0.15, -0.1) is 22.7 Å². The Morgan fingerprint density at radius 1 is 1.43 bits per heavy atom. The molecule has 0 saturated carbocycles. The predicted octanol–water partition coefficient (Wildman–Crippen LogP) is 3.70. The van der Waals surface area contributed by atoms with Gasteiger partial charge in [-0.3, -0.25) is 0 Å². The Balaban J connectivity index is 1.81. The van der Waals surface area contributed by atoms with Crippen LogP contribution in [0, 0.1) is 0 Å². The fraction of sp³-hybridized carbons (Fsp3) is 0.231. The molecular formula is C13H11N3O2S3. The fourth-order valence-electron chi connectivity index (χ4n) is 1.78. The Bertz CT molecular complexity index is 797. The minimum absolute atomic E-state index is 0.104. The van der Waals surface area contributed by atoms with Crippen molar-refractivity contribution in [3.63, 3.8) is 0 Å². The number of hydrogen-bond acceptors (Lipinski definition) is 7. The molecule has 0 radical (unpaired) electrons. The Kier molecular flexibility index (Phi) is 4.18. The first kappa shape index (κ1) is 14.4. The molecule has 0 aliphatic heterocycles. The van der Waals surface area contributed by atoms with Gasteiger partial charge >= 0.3 is 5.97 Å². The number of thiazole rings is 1. The number of carboxylic acids is 1. The number of hydrogen-bond donors (Lipinski definition) is 1. The number of aryl methyl sites for hydroxylation is 1. The molecule has 108 valence electrons. The highest BCUT2D eigenvalue weighted by molar-refractivity contribution is 7.98. The number of fused-ring (bicyclic) bond motifs is 1. The van der Waals surface area contributed by atoms with Crippen LogP contribution in [-0.2, 0) is 12.2 Å². The maximum absolute atomic E-state index is 10.8. The van der Waals surface area contributed by atoms with Gasteiger partial charge in [-0.25, -0.2) is 19.7 Å². The van der Waals surface area contributed by atoms with Crippen molar-refractivity contribution in [3.05, 3.63) is 33.4 Å². The first-order chi connectivity index (χ1) is 10.2. The lowest BCUT2D eigenvalue weighted by molar-refractivity contribution is 0.0691. The van der Waals surface area contributed by atoms with Gasteiger partial charge < -0.3 is 5.11 Å². The van der Waals surface area contributed by atoms with Gasteiger partial charge in [0.05, 0.1) is 5.75 Å². The molecule has 0 bridgehead atoms. The molecule has 0 atom stereocenters. The van der Waals surface area contributed by atoms with Crippen molar-refractivity contribution in [3.8, 4) is 0 Å². The van der Waals surface area contributed by atoms with Crippen molar-refractivity contribution in [2.45, 2.75) is 24.1 Å². The fourth-order valence-corrected chi connectivity index (χ4v) is 4.54. The van der Waals surface area contributed by atoms with Crippen LogP contribution in [0.2, 0.25) is 0 Å². The zero-order chi connectivity index (χ0) is 14.8. The van der Waals surface area contributed by atoms with Gasteiger partial charge in [-0.05, 0) is 12.5 Å². The molecule has 3 rings (SSSR count). The number of thioether (sulfide) groups is 1. The molecule has 21 heavy (non-hydrogen) atoms. The highest BCUT2D eigenvalue weighted by Crippen LogP contribution is 2.32. The van der Waals surface area contributed by atoms with E-state index in [9.17, 15) is 4.79 Å². The summed E-state index contributed by atoms with van der Waals surface area (Å²) in [7, 11) is 0. The molecule has 0 amide bonds. The second kappa shape index (κ2) is 6.08. The third-order valence-electron chi connectivity index (χ3n) is 2.80. The van der Waals surface area contributed by atoms with Crippen LogP contribution in [0.4, 0.5) is 0 Å². The van der Waals surface area contributed by atoms with E-state index in [-0.39, 0.29) is 5.69 Å². The van der Waals surface area contributed by atoms with Crippen LogP contribution in [0.15, 0.2) is 22.8 Å². The van der Waals surface area contributed by atoms with Gasteiger partial charge in [-0.1, -0.05) is 18.7 Å². The zero-order valence-electron chi connectivity index (χ0n) is 11.1. The predicted molar refractivity (Wildman–Crippen MR) is 85.4 cm³/mol. The average molecular weight is 337 g/mol. The number of rotatable bonds is 5. The molecule has 0 aromatic carbocycles. The van der Waals surface area contributed by atoms with Crippen LogP contribution >= 0.6 is 34.4 Å². The molecule has 0 spiro atoms. The summed E-state index contributed by atoms with van der Waals surface area (Å²) in [6.07, 6.45) is 2.56. The molecule has 5 nitrogen and oxygen atoms in total. The molecule has 0 aliphatic rings. The van der Waals surface area contributed by atoms with E-state index < -0.39 is 5.97 Å². The van der Waals surface area contributed by atoms with E-state index in [0.717, 1.165) is 26.7 Å². The van der Waals surface area contributed by atoms with Gasteiger partial charge in [0, 0.05) is 15.6 Å². The quantitative estimate of drug-likeness (QED) is 0.565. The summed E-state index contributed by atoms with van der Waals surface area (Å²) < 4.78 is 0. The Labute approximate surface area is 133 Å². The van der Waals surface area contributed by atoms with Crippen LogP contribution in [0.1, 0.15) is 27.3 Å². The van der Waals surface area contributed by atoms with Gasteiger partial charge in [0.2, 0.25) is 0 Å². The molecule has 3 aromatic heterocycles. The lowest BCUT2D eigenvalue weighted by Crippen LogP contribution is -1.96. The summed E-state index contributed by atoms with van der Waals surface area (Å²) in [5.74, 6) is -0.376. The normalized spacial score (nSPS) is 11.1. The average Bonchev–Trinajstić information content (AvgIpc) is 3.11. The Morgan fingerprint density at radius 2 is 2.29 bits per heavy atom. The highest BCUT2D eigenvalue weighted by Gasteiger charge is 2.12. The number of aromatic nitrogens is 3. The largest absolute Gasteiger partial charge is 0.476 e. The van der Waals surface area contributed by atoms with Crippen molar-refractivity contribution < 1.29 is 9.90 Å². The molecule has 0 saturated heterocycles. The topological polar surface area (TPSA) is 76.0 Å². The number of nitrogens with zero attached hydrogens (tertiary/aromatic N) is 3. The summed E-state index contributed by atoms with van der Waals surface area (Å²) in [6.45, 7) is 2.12. The van der Waals surface area contributed by atoms with Crippen LogP contribution in [0.5, 0.6) is 0 Å². The van der Waals surface area contributed by atoms with Crippen molar-refractivity contribution in [2.75, 3.05) is 0 Å². The van der Waals surface area contributed by atoms with E-state index in [0.29, 0.717) is 5.75 Å². The van der Waals surface area contributed by atoms with Gasteiger partial charge in [-0.2, -0.15) is 0 Å². The lowest BCUT2D eigenvalue weighted by Gasteiger charge is -1.99. The summed E-state index contributed by atoms with van der Waals surface area (Å²) in [5.41, 5.74) is 0.104. The third-order valence-corrected chi connectivity index (χ3v) is 6.03. The van der Waals surface area contributed by atoms with Crippen molar-refractivity contribution in [1.82, 2.24) is 15.0 Å². The smallest absolute Gasteiger partial charge is 0.355 e. The maximum atomic E-state index is 10.8. The highest BCUT2D eigenvalue weighted by atomic mass is 32.2. The number of carboxylic acid groups (broad SMARTS) is 1. The van der Waals surface area contributed by atoms with Crippen molar-refractivity contribution in [2.24, 2.45) is 0 Å². The van der Waals surface area contributed by atoms with E-state index >= 15 is 0 Å². The monoisotopic (exact) mass is 337 g/mol. The second-order valence-electron chi connectivity index (χ2n) is 4.18. The SMILES string of the molecule is CCc1cc2c(SCc3nc(C(=O)O)cs3)ncnc2s1. The Morgan fingerprint density at radius 3 is 3.00 bits per heavy atom. The lowest BCUT2D eigenvalue weighted by atomic mass is 10.3. The maximum Gasteiger partial charge on any atom is 0.355 e. The minimum Gasteiger partial charge on any atom is -0.476 e. The number of thiophene rings is 1. The van der Waals surface area contributed by atoms with Crippen molar-refractivity contribution in [1.29, 1.82) is 0 Å². The van der Waals surface area contributed by atoms with Gasteiger partial charge in [0.1, 0.15) is 21.2 Å². The summed E-state index contributed by atoms with van der Waals surface area (Å²) >= 11 is 4.61. The third kappa shape index (κ3) is 3.07. The molecule has 0 fully saturated rings. The Hall–Kier alpha value is -1.51. The van der Waals surface area contributed by atoms with Crippen LogP contribution in [-0.4, -0.2) is 26.0 Å². The molecule has 1 N–H and O–H groups in total. The van der Waals surface area contributed by atoms with E-state index in [4.69, 9.17) is 5.11 Å². The molecule has 0 aliphatic carbocycles. The second-order valence-corrected chi connectivity index (χ2v) is 7.21. The molecule has 0 unspecified atom stereocenters. The van der Waals surface area contributed by atoms with Crippen molar-refractivity contribution >= 4 is 50.6 Å². The standard InChI is InChI=1S/C13H11N3O2S3/c1-2-7-3-8-11(14-6-15-12(8)21-7)20-5-10-16-9(4-19-10)13(17)18/h3-4,6H,2,5H2,1H3,(H,17,18). The van der Waals surface area contributed by atoms with Crippen LogP contribution < -0.4 is 0 Å².